The second-order valence-corrected chi connectivity index (χ2v) is 3.47. The third-order valence-electron chi connectivity index (χ3n) is 2.05. The number of hydrogen-bond donors (Lipinski definition) is 2. The van der Waals surface area contributed by atoms with Gasteiger partial charge in [0.1, 0.15) is 12.3 Å². The molecule has 7 heteroatoms. The van der Waals surface area contributed by atoms with Crippen LogP contribution in [-0.4, -0.2) is 32.8 Å². The molecule has 0 radical (unpaired) electrons. The number of pyridine rings is 1. The van der Waals surface area contributed by atoms with Crippen LogP contribution in [0.15, 0.2) is 22.7 Å². The number of aliphatic hydroxyl groups is 1. The van der Waals surface area contributed by atoms with Gasteiger partial charge in [-0.15, -0.1) is 5.10 Å². The summed E-state index contributed by atoms with van der Waals surface area (Å²) in [6, 6.07) is 3.16. The van der Waals surface area contributed by atoms with Gasteiger partial charge in [-0.05, 0) is 12.1 Å². The van der Waals surface area contributed by atoms with E-state index >= 15 is 0 Å². The molecule has 2 heterocycles. The summed E-state index contributed by atoms with van der Waals surface area (Å²) >= 11 is 0. The molecular formula is C12H10N4O3. The summed E-state index contributed by atoms with van der Waals surface area (Å²) in [6.45, 7) is 1.40. The Morgan fingerprint density at radius 2 is 2.32 bits per heavy atom. The second kappa shape index (κ2) is 5.75. The van der Waals surface area contributed by atoms with Gasteiger partial charge in [-0.25, -0.2) is 4.98 Å². The van der Waals surface area contributed by atoms with Gasteiger partial charge in [0, 0.05) is 18.7 Å². The first-order valence-corrected chi connectivity index (χ1v) is 5.36. The third-order valence-corrected chi connectivity index (χ3v) is 2.05. The van der Waals surface area contributed by atoms with Crippen molar-refractivity contribution in [2.24, 2.45) is 0 Å². The Morgan fingerprint density at radius 3 is 2.89 bits per heavy atom. The summed E-state index contributed by atoms with van der Waals surface area (Å²) in [5, 5.41) is 18.2. The summed E-state index contributed by atoms with van der Waals surface area (Å²) in [5.74, 6) is 5.07. The van der Waals surface area contributed by atoms with E-state index in [0.717, 1.165) is 0 Å². The molecule has 0 unspecified atom stereocenters. The van der Waals surface area contributed by atoms with Crippen molar-refractivity contribution in [2.75, 3.05) is 11.9 Å². The van der Waals surface area contributed by atoms with E-state index in [1.54, 1.807) is 13.0 Å². The fraction of sp³-hybridized carbons (Fsp3) is 0.167. The molecule has 0 aliphatic heterocycles. The van der Waals surface area contributed by atoms with Crippen LogP contribution in [0.2, 0.25) is 0 Å². The van der Waals surface area contributed by atoms with E-state index in [1.807, 2.05) is 0 Å². The Balaban J connectivity index is 2.07. The van der Waals surface area contributed by atoms with Gasteiger partial charge in [0.15, 0.2) is 0 Å². The Hall–Kier alpha value is -2.72. The number of carbonyl (C=O) groups excluding carboxylic acids is 1. The first-order chi connectivity index (χ1) is 9.19. The lowest BCUT2D eigenvalue weighted by Crippen LogP contribution is -2.13. The minimum atomic E-state index is -0.453. The van der Waals surface area contributed by atoms with Crippen LogP contribution < -0.4 is 5.32 Å². The number of rotatable bonds is 2. The van der Waals surface area contributed by atoms with E-state index in [0.29, 0.717) is 11.5 Å². The summed E-state index contributed by atoms with van der Waals surface area (Å²) in [6.07, 6.45) is 1.44. The molecule has 96 valence electrons. The molecule has 0 spiro atoms. The van der Waals surface area contributed by atoms with Gasteiger partial charge in [-0.2, -0.15) is 0 Å². The molecule has 0 aliphatic carbocycles. The summed E-state index contributed by atoms with van der Waals surface area (Å²) in [4.78, 5) is 15.7. The zero-order valence-electron chi connectivity index (χ0n) is 10.0. The second-order valence-electron chi connectivity index (χ2n) is 3.47. The average molecular weight is 258 g/mol. The standard InChI is InChI=1S/C12H10N4O3/c1-8-15-16-12(19-8)14-11(18)10-5-4-9(7-13-10)3-2-6-17/h4-5,7,17H,6H2,1H3,(H,14,16,18). The van der Waals surface area contributed by atoms with E-state index in [4.69, 9.17) is 9.52 Å². The molecule has 0 atom stereocenters. The van der Waals surface area contributed by atoms with Gasteiger partial charge in [-0.1, -0.05) is 16.9 Å². The molecule has 7 nitrogen and oxygen atoms in total. The van der Waals surface area contributed by atoms with E-state index in [-0.39, 0.29) is 18.3 Å². The van der Waals surface area contributed by atoms with Crippen molar-refractivity contribution in [3.63, 3.8) is 0 Å². The molecule has 2 aromatic heterocycles. The van der Waals surface area contributed by atoms with Crippen molar-refractivity contribution in [3.05, 3.63) is 35.5 Å². The van der Waals surface area contributed by atoms with Gasteiger partial charge >= 0.3 is 6.01 Å². The molecular weight excluding hydrogens is 248 g/mol. The number of amides is 1. The van der Waals surface area contributed by atoms with Gasteiger partial charge in [0.05, 0.1) is 0 Å². The van der Waals surface area contributed by atoms with Crippen LogP contribution in [0.1, 0.15) is 21.9 Å². The first-order valence-electron chi connectivity index (χ1n) is 5.36. The molecule has 0 aliphatic rings. The largest absolute Gasteiger partial charge is 0.408 e. The van der Waals surface area contributed by atoms with Gasteiger partial charge in [0.2, 0.25) is 5.89 Å². The van der Waals surface area contributed by atoms with Crippen molar-refractivity contribution in [1.29, 1.82) is 0 Å². The van der Waals surface area contributed by atoms with Crippen molar-refractivity contribution in [1.82, 2.24) is 15.2 Å². The lowest BCUT2D eigenvalue weighted by molar-refractivity contribution is 0.101. The maximum Gasteiger partial charge on any atom is 0.322 e. The highest BCUT2D eigenvalue weighted by Crippen LogP contribution is 2.06. The number of aliphatic hydroxyl groups excluding tert-OH is 1. The van der Waals surface area contributed by atoms with Crippen molar-refractivity contribution < 1.29 is 14.3 Å². The van der Waals surface area contributed by atoms with Crippen LogP contribution in [0.25, 0.3) is 0 Å². The van der Waals surface area contributed by atoms with E-state index < -0.39 is 5.91 Å². The Labute approximate surface area is 108 Å². The minimum Gasteiger partial charge on any atom is -0.408 e. The number of aryl methyl sites for hydroxylation is 1. The van der Waals surface area contributed by atoms with Gasteiger partial charge in [-0.3, -0.25) is 10.1 Å². The van der Waals surface area contributed by atoms with Gasteiger partial charge < -0.3 is 9.52 Å². The molecule has 19 heavy (non-hydrogen) atoms. The lowest BCUT2D eigenvalue weighted by Gasteiger charge is -1.99. The van der Waals surface area contributed by atoms with Crippen LogP contribution in [0.5, 0.6) is 0 Å². The lowest BCUT2D eigenvalue weighted by atomic mass is 10.2. The summed E-state index contributed by atoms with van der Waals surface area (Å²) < 4.78 is 5.02. The summed E-state index contributed by atoms with van der Waals surface area (Å²) in [5.41, 5.74) is 0.810. The fourth-order valence-electron chi connectivity index (χ4n) is 1.25. The predicted molar refractivity (Wildman–Crippen MR) is 65.2 cm³/mol. The summed E-state index contributed by atoms with van der Waals surface area (Å²) in [7, 11) is 0. The van der Waals surface area contributed by atoms with Crippen molar-refractivity contribution in [3.8, 4) is 11.8 Å². The first kappa shape index (κ1) is 12.7. The zero-order valence-corrected chi connectivity index (χ0v) is 10.0. The molecule has 0 bridgehead atoms. The SMILES string of the molecule is Cc1nnc(NC(=O)c2ccc(C#CCO)cn2)o1. The topological polar surface area (TPSA) is 101 Å². The number of nitrogens with one attached hydrogen (secondary N) is 1. The molecule has 2 rings (SSSR count). The smallest absolute Gasteiger partial charge is 0.322 e. The average Bonchev–Trinajstić information content (AvgIpc) is 2.82. The monoisotopic (exact) mass is 258 g/mol. The quantitative estimate of drug-likeness (QED) is 0.755. The molecule has 0 saturated heterocycles. The number of hydrogen-bond acceptors (Lipinski definition) is 6. The molecule has 0 saturated carbocycles. The van der Waals surface area contributed by atoms with Crippen LogP contribution >= 0.6 is 0 Å². The van der Waals surface area contributed by atoms with Gasteiger partial charge in [0.25, 0.3) is 5.91 Å². The highest BCUT2D eigenvalue weighted by atomic mass is 16.4. The highest BCUT2D eigenvalue weighted by Gasteiger charge is 2.11. The normalized spacial score (nSPS) is 9.58. The van der Waals surface area contributed by atoms with Crippen molar-refractivity contribution >= 4 is 11.9 Å². The number of aromatic nitrogens is 3. The van der Waals surface area contributed by atoms with Crippen LogP contribution in [0, 0.1) is 18.8 Å². The van der Waals surface area contributed by atoms with Crippen molar-refractivity contribution in [2.45, 2.75) is 6.92 Å². The predicted octanol–water partition coefficient (Wildman–Crippen LogP) is 0.369. The minimum absolute atomic E-state index is 0.0217. The Morgan fingerprint density at radius 1 is 1.47 bits per heavy atom. The third kappa shape index (κ3) is 3.37. The van der Waals surface area contributed by atoms with E-state index in [1.165, 1.54) is 12.3 Å². The molecule has 0 fully saturated rings. The van der Waals surface area contributed by atoms with Crippen LogP contribution in [-0.2, 0) is 0 Å². The van der Waals surface area contributed by atoms with E-state index in [9.17, 15) is 4.79 Å². The molecule has 2 N–H and O–H groups in total. The highest BCUT2D eigenvalue weighted by molar-refractivity contribution is 6.01. The number of anilines is 1. The Bertz CT molecular complexity index is 637. The number of nitrogens with zero attached hydrogens (tertiary/aromatic N) is 3. The Kier molecular flexibility index (Phi) is 3.85. The maximum absolute atomic E-state index is 11.8. The zero-order chi connectivity index (χ0) is 13.7. The van der Waals surface area contributed by atoms with E-state index in [2.05, 4.69) is 32.3 Å². The van der Waals surface area contributed by atoms with Crippen LogP contribution in [0.4, 0.5) is 6.01 Å². The number of carbonyl (C=O) groups is 1. The maximum atomic E-state index is 11.8. The molecule has 0 aromatic carbocycles. The van der Waals surface area contributed by atoms with Crippen LogP contribution in [0.3, 0.4) is 0 Å². The fourth-order valence-corrected chi connectivity index (χ4v) is 1.25. The molecule has 2 aromatic rings. The molecule has 1 amide bonds.